The molecule has 0 spiro atoms. The molecule has 2 aliphatic rings. The van der Waals surface area contributed by atoms with Gasteiger partial charge in [0.2, 0.25) is 0 Å². The molecule has 2 aromatic rings. The van der Waals surface area contributed by atoms with E-state index in [1.807, 2.05) is 56.0 Å². The lowest BCUT2D eigenvalue weighted by molar-refractivity contribution is 0.0451. The van der Waals surface area contributed by atoms with Gasteiger partial charge in [-0.1, -0.05) is 30.3 Å². The predicted molar refractivity (Wildman–Crippen MR) is 134 cm³/mol. The first-order valence-electron chi connectivity index (χ1n) is 12.5. The Morgan fingerprint density at radius 2 is 1.64 bits per heavy atom. The van der Waals surface area contributed by atoms with Gasteiger partial charge in [0.25, 0.3) is 0 Å². The van der Waals surface area contributed by atoms with E-state index in [0.717, 1.165) is 24.5 Å². The van der Waals surface area contributed by atoms with Crippen molar-refractivity contribution in [2.45, 2.75) is 76.3 Å². The van der Waals surface area contributed by atoms with Gasteiger partial charge in [0, 0.05) is 39.4 Å². The molecule has 0 saturated carbocycles. The molecule has 2 aromatic carbocycles. The van der Waals surface area contributed by atoms with Gasteiger partial charge >= 0.3 is 6.09 Å². The third-order valence-electron chi connectivity index (χ3n) is 7.47. The van der Waals surface area contributed by atoms with E-state index in [1.54, 1.807) is 0 Å². The summed E-state index contributed by atoms with van der Waals surface area (Å²) in [7, 11) is -1.20. The summed E-state index contributed by atoms with van der Waals surface area (Å²) in [5.74, 6) is -2.85. The first kappa shape index (κ1) is 26.7. The van der Waals surface area contributed by atoms with Gasteiger partial charge in [0.05, 0.1) is 0 Å². The van der Waals surface area contributed by atoms with Crippen LogP contribution in [0.3, 0.4) is 0 Å². The second-order valence-corrected chi connectivity index (χ2v) is 13.3. The molecule has 2 bridgehead atoms. The number of amides is 1. The van der Waals surface area contributed by atoms with Crippen LogP contribution in [-0.2, 0) is 28.6 Å². The number of fused-ring (bicyclic) bond motifs is 2. The number of nitrogens with zero attached hydrogens (tertiary/aromatic N) is 1. The van der Waals surface area contributed by atoms with Crippen LogP contribution in [0.2, 0.25) is 0 Å². The van der Waals surface area contributed by atoms with Crippen molar-refractivity contribution >= 4 is 16.9 Å². The van der Waals surface area contributed by atoms with Gasteiger partial charge in [-0.05, 0) is 81.9 Å². The van der Waals surface area contributed by atoms with E-state index >= 15 is 0 Å². The zero-order chi connectivity index (χ0) is 26.0. The summed E-state index contributed by atoms with van der Waals surface area (Å²) >= 11 is 0. The quantitative estimate of drug-likeness (QED) is 0.397. The molecule has 5 atom stereocenters. The van der Waals surface area contributed by atoms with Crippen molar-refractivity contribution in [3.63, 3.8) is 0 Å². The molecule has 4 rings (SSSR count). The number of ether oxygens (including phenoxy) is 1. The normalized spacial score (nSPS) is 23.4. The highest BCUT2D eigenvalue weighted by Gasteiger charge is 2.46. The van der Waals surface area contributed by atoms with Crippen molar-refractivity contribution in [1.29, 1.82) is 0 Å². The third-order valence-corrected chi connectivity index (χ3v) is 9.57. The van der Waals surface area contributed by atoms with Crippen molar-refractivity contribution in [1.82, 2.24) is 4.90 Å². The van der Waals surface area contributed by atoms with Gasteiger partial charge in [-0.15, -0.1) is 0 Å². The van der Waals surface area contributed by atoms with Crippen LogP contribution >= 0.6 is 0 Å². The zero-order valence-corrected chi connectivity index (χ0v) is 21.8. The predicted octanol–water partition coefficient (Wildman–Crippen LogP) is 6.39. The summed E-state index contributed by atoms with van der Waals surface area (Å²) in [5, 5.41) is 0. The summed E-state index contributed by atoms with van der Waals surface area (Å²) in [6.07, 6.45) is 2.94. The summed E-state index contributed by atoms with van der Waals surface area (Å²) in [6.45, 7) is 5.90. The number of hydrogen-bond donors (Lipinski definition) is 0. The van der Waals surface area contributed by atoms with E-state index in [2.05, 4.69) is 0 Å². The molecule has 36 heavy (non-hydrogen) atoms. The highest BCUT2D eigenvalue weighted by molar-refractivity contribution is 7.86. The van der Waals surface area contributed by atoms with Crippen LogP contribution in [0.1, 0.15) is 57.6 Å². The summed E-state index contributed by atoms with van der Waals surface area (Å²) in [5.41, 5.74) is 1.02. The minimum Gasteiger partial charge on any atom is -0.445 e. The van der Waals surface area contributed by atoms with E-state index in [-0.39, 0.29) is 48.6 Å². The molecular weight excluding hydrogens is 487 g/mol. The standard InChI is InChI=1S/C28H34F3NO3S/c1-28(2,3)36(34)17-21(11-20-14-25(30)26(31)15-24(20)29)19-12-22-9-10-23(13-19)32(22)27(33)35-16-18-7-5-4-6-8-18/h4-8,14-15,19,21-23H,9-13,16-17H2,1-3H3/t19?,21-,22-,23+,36+/m0/s1. The van der Waals surface area contributed by atoms with Crippen molar-refractivity contribution in [3.05, 3.63) is 71.0 Å². The smallest absolute Gasteiger partial charge is 0.410 e. The Kier molecular flexibility index (Phi) is 8.12. The maximum absolute atomic E-state index is 14.5. The summed E-state index contributed by atoms with van der Waals surface area (Å²) in [6, 6.07) is 11.0. The van der Waals surface area contributed by atoms with Crippen LogP contribution < -0.4 is 0 Å². The zero-order valence-electron chi connectivity index (χ0n) is 21.0. The van der Waals surface area contributed by atoms with Gasteiger partial charge in [-0.25, -0.2) is 18.0 Å². The van der Waals surface area contributed by atoms with Gasteiger partial charge < -0.3 is 9.64 Å². The average Bonchev–Trinajstić information content (AvgIpc) is 3.09. The molecule has 0 radical (unpaired) electrons. The fraction of sp³-hybridized carbons (Fsp3) is 0.536. The van der Waals surface area contributed by atoms with Gasteiger partial charge in [0.1, 0.15) is 12.4 Å². The van der Waals surface area contributed by atoms with Gasteiger partial charge in [-0.3, -0.25) is 4.21 Å². The minimum atomic E-state index is -1.22. The van der Waals surface area contributed by atoms with Crippen LogP contribution in [0, 0.1) is 29.3 Å². The Morgan fingerprint density at radius 3 is 2.25 bits per heavy atom. The maximum Gasteiger partial charge on any atom is 0.410 e. The first-order valence-corrected chi connectivity index (χ1v) is 13.9. The number of halogens is 3. The van der Waals surface area contributed by atoms with Crippen LogP contribution in [0.5, 0.6) is 0 Å². The third kappa shape index (κ3) is 6.13. The van der Waals surface area contributed by atoms with Gasteiger partial charge in [0.15, 0.2) is 11.6 Å². The molecule has 0 N–H and O–H groups in total. The van der Waals surface area contributed by atoms with E-state index in [0.29, 0.717) is 24.7 Å². The summed E-state index contributed by atoms with van der Waals surface area (Å²) < 4.78 is 60.2. The highest BCUT2D eigenvalue weighted by Crippen LogP contribution is 2.43. The molecule has 196 valence electrons. The molecule has 8 heteroatoms. The van der Waals surface area contributed by atoms with Gasteiger partial charge in [-0.2, -0.15) is 0 Å². The van der Waals surface area contributed by atoms with Crippen molar-refractivity contribution < 1.29 is 26.9 Å². The number of carbonyl (C=O) groups is 1. The van der Waals surface area contributed by atoms with Crippen LogP contribution in [0.15, 0.2) is 42.5 Å². The topological polar surface area (TPSA) is 46.6 Å². The lowest BCUT2D eigenvalue weighted by atomic mass is 9.79. The molecule has 2 saturated heterocycles. The fourth-order valence-electron chi connectivity index (χ4n) is 5.50. The molecule has 1 unspecified atom stereocenters. The first-order chi connectivity index (χ1) is 17.0. The molecule has 2 fully saturated rings. The number of carbonyl (C=O) groups excluding carboxylic acids is 1. The van der Waals surface area contributed by atoms with E-state index in [4.69, 9.17) is 4.74 Å². The number of piperidine rings is 1. The largest absolute Gasteiger partial charge is 0.445 e. The van der Waals surface area contributed by atoms with E-state index < -0.39 is 33.0 Å². The summed E-state index contributed by atoms with van der Waals surface area (Å²) in [4.78, 5) is 14.8. The number of hydrogen-bond acceptors (Lipinski definition) is 3. The van der Waals surface area contributed by atoms with Crippen molar-refractivity contribution in [2.24, 2.45) is 11.8 Å². The van der Waals surface area contributed by atoms with Crippen LogP contribution in [0.4, 0.5) is 18.0 Å². The molecule has 0 aliphatic carbocycles. The molecular formula is C28H34F3NO3S. The van der Waals surface area contributed by atoms with E-state index in [9.17, 15) is 22.2 Å². The molecule has 4 nitrogen and oxygen atoms in total. The highest BCUT2D eigenvalue weighted by atomic mass is 32.2. The Bertz CT molecular complexity index is 1090. The second-order valence-electron chi connectivity index (χ2n) is 11.0. The van der Waals surface area contributed by atoms with Crippen molar-refractivity contribution in [3.8, 4) is 0 Å². The number of rotatable bonds is 7. The monoisotopic (exact) mass is 521 g/mol. The minimum absolute atomic E-state index is 0.00241. The van der Waals surface area contributed by atoms with Crippen LogP contribution in [0.25, 0.3) is 0 Å². The number of benzene rings is 2. The molecule has 2 heterocycles. The Hall–Kier alpha value is -2.35. The van der Waals surface area contributed by atoms with E-state index in [1.165, 1.54) is 0 Å². The lowest BCUT2D eigenvalue weighted by Gasteiger charge is -2.41. The molecule has 0 aromatic heterocycles. The SMILES string of the molecule is CC(C)(C)[S@](=O)C[C@H](Cc1cc(F)c(F)cc1F)C1C[C@H]2CC[C@@H](C1)N2C(=O)OCc1ccccc1. The average molecular weight is 522 g/mol. The lowest BCUT2D eigenvalue weighted by Crippen LogP contribution is -2.48. The Morgan fingerprint density at radius 1 is 1.03 bits per heavy atom. The maximum atomic E-state index is 14.5. The van der Waals surface area contributed by atoms with Crippen molar-refractivity contribution in [2.75, 3.05) is 5.75 Å². The Labute approximate surface area is 213 Å². The van der Waals surface area contributed by atoms with Crippen LogP contribution in [-0.4, -0.2) is 37.8 Å². The Balaban J connectivity index is 1.49. The fourth-order valence-corrected chi connectivity index (χ4v) is 6.78. The molecule has 1 amide bonds. The molecule has 2 aliphatic heterocycles. The second kappa shape index (κ2) is 11.0.